The average molecular weight is 238 g/mol. The van der Waals surface area contributed by atoms with Crippen LogP contribution in [0.1, 0.15) is 0 Å². The molecule has 7 heteroatoms. The Morgan fingerprint density at radius 3 is 2.53 bits per heavy atom. The summed E-state index contributed by atoms with van der Waals surface area (Å²) >= 11 is 0. The molecule has 0 aliphatic heterocycles. The predicted octanol–water partition coefficient (Wildman–Crippen LogP) is 1.47. The van der Waals surface area contributed by atoms with Crippen LogP contribution in [0.2, 0.25) is 0 Å². The highest BCUT2D eigenvalue weighted by molar-refractivity contribution is 7.86. The van der Waals surface area contributed by atoms with Gasteiger partial charge in [-0.15, -0.1) is 3.89 Å². The van der Waals surface area contributed by atoms with Gasteiger partial charge in [-0.25, -0.2) is 4.39 Å². The smallest absolute Gasteiger partial charge is 0.332 e. The van der Waals surface area contributed by atoms with Crippen LogP contribution in [0.3, 0.4) is 0 Å². The lowest BCUT2D eigenvalue weighted by Gasteiger charge is -2.05. The number of halogens is 2. The molecular weight excluding hydrogens is 230 g/mol. The second-order valence-electron chi connectivity index (χ2n) is 2.61. The fourth-order valence-electron chi connectivity index (χ4n) is 0.888. The van der Waals surface area contributed by atoms with Crippen molar-refractivity contribution in [3.8, 4) is 5.75 Å². The molecule has 1 aromatic rings. The lowest BCUT2D eigenvalue weighted by molar-refractivity contribution is 0.0507. The Bertz CT molecular complexity index is 444. The third-order valence-corrected chi connectivity index (χ3v) is 2.27. The molecule has 1 rings (SSSR count). The van der Waals surface area contributed by atoms with E-state index in [2.05, 4.69) is 4.74 Å². The van der Waals surface area contributed by atoms with Crippen molar-refractivity contribution in [2.45, 2.75) is 4.90 Å². The molecule has 0 amide bonds. The van der Waals surface area contributed by atoms with Crippen molar-refractivity contribution in [3.63, 3.8) is 0 Å². The fourth-order valence-corrected chi connectivity index (χ4v) is 1.40. The minimum atomic E-state index is -4.93. The number of methoxy groups -OCH3 is 1. The summed E-state index contributed by atoms with van der Waals surface area (Å²) in [7, 11) is -3.59. The summed E-state index contributed by atoms with van der Waals surface area (Å²) in [5.74, 6) is -1.02. The molecule has 0 bridgehead atoms. The maximum atomic E-state index is 12.8. The summed E-state index contributed by atoms with van der Waals surface area (Å²) in [6.07, 6.45) is 0. The lowest BCUT2D eigenvalue weighted by atomic mass is 10.3. The molecule has 0 aliphatic rings. The van der Waals surface area contributed by atoms with E-state index in [1.807, 2.05) is 0 Å². The topological polar surface area (TPSA) is 52.6 Å². The van der Waals surface area contributed by atoms with Crippen LogP contribution >= 0.6 is 0 Å². The minimum absolute atomic E-state index is 0.118. The maximum Gasteiger partial charge on any atom is 0.332 e. The van der Waals surface area contributed by atoms with Crippen molar-refractivity contribution < 1.29 is 26.2 Å². The van der Waals surface area contributed by atoms with Gasteiger partial charge in [0, 0.05) is 19.2 Å². The maximum absolute atomic E-state index is 12.8. The van der Waals surface area contributed by atoms with E-state index in [9.17, 15) is 16.7 Å². The first-order valence-corrected chi connectivity index (χ1v) is 5.19. The monoisotopic (exact) mass is 238 g/mol. The summed E-state index contributed by atoms with van der Waals surface area (Å²) < 4.78 is 55.6. The first-order valence-electron chi connectivity index (χ1n) is 3.80. The Morgan fingerprint density at radius 1 is 1.33 bits per heavy atom. The van der Waals surface area contributed by atoms with Crippen LogP contribution in [0.25, 0.3) is 0 Å². The summed E-state index contributed by atoms with van der Waals surface area (Å²) in [5.41, 5.74) is 0. The normalized spacial score (nSPS) is 11.4. The zero-order chi connectivity index (χ0) is 11.5. The van der Waals surface area contributed by atoms with Crippen LogP contribution in [0.15, 0.2) is 23.1 Å². The second kappa shape index (κ2) is 4.54. The first kappa shape index (κ1) is 11.9. The van der Waals surface area contributed by atoms with Crippen molar-refractivity contribution in [2.75, 3.05) is 13.9 Å². The highest BCUT2D eigenvalue weighted by Gasteiger charge is 2.14. The van der Waals surface area contributed by atoms with E-state index in [1.165, 1.54) is 7.11 Å². The number of hydrogen-bond acceptors (Lipinski definition) is 4. The molecule has 0 saturated carbocycles. The Morgan fingerprint density at radius 2 is 2.00 bits per heavy atom. The predicted molar refractivity (Wildman–Crippen MR) is 47.2 cm³/mol. The van der Waals surface area contributed by atoms with E-state index in [0.717, 1.165) is 12.1 Å². The number of hydrogen-bond donors (Lipinski definition) is 0. The molecule has 0 unspecified atom stereocenters. The molecular formula is C8H8F2O4S. The summed E-state index contributed by atoms with van der Waals surface area (Å²) in [4.78, 5) is -0.784. The van der Waals surface area contributed by atoms with Crippen molar-refractivity contribution >= 4 is 10.2 Å². The van der Waals surface area contributed by atoms with Gasteiger partial charge in [0.25, 0.3) is 0 Å². The Labute approximate surface area is 85.6 Å². The molecule has 0 heterocycles. The number of benzene rings is 1. The highest BCUT2D eigenvalue weighted by Crippen LogP contribution is 2.21. The van der Waals surface area contributed by atoms with Gasteiger partial charge in [0.1, 0.15) is 16.5 Å². The molecule has 0 atom stereocenters. The lowest BCUT2D eigenvalue weighted by Crippen LogP contribution is -2.01. The van der Waals surface area contributed by atoms with E-state index in [-0.39, 0.29) is 12.5 Å². The minimum Gasteiger partial charge on any atom is -0.467 e. The quantitative estimate of drug-likeness (QED) is 0.588. The Hall–Kier alpha value is -1.21. The van der Waals surface area contributed by atoms with Crippen molar-refractivity contribution in [2.24, 2.45) is 0 Å². The molecule has 0 saturated heterocycles. The van der Waals surface area contributed by atoms with Gasteiger partial charge < -0.3 is 9.47 Å². The summed E-state index contributed by atoms with van der Waals surface area (Å²) in [6.45, 7) is -0.185. The van der Waals surface area contributed by atoms with Crippen LogP contribution in [0.4, 0.5) is 8.28 Å². The van der Waals surface area contributed by atoms with Gasteiger partial charge in [0.05, 0.1) is 0 Å². The van der Waals surface area contributed by atoms with Gasteiger partial charge in [0.2, 0.25) is 0 Å². The second-order valence-corrected chi connectivity index (χ2v) is 3.96. The molecule has 0 spiro atoms. The van der Waals surface area contributed by atoms with E-state index < -0.39 is 20.9 Å². The fraction of sp³-hybridized carbons (Fsp3) is 0.250. The summed E-state index contributed by atoms with van der Waals surface area (Å²) in [5, 5.41) is 0. The van der Waals surface area contributed by atoms with Crippen molar-refractivity contribution in [1.29, 1.82) is 0 Å². The zero-order valence-corrected chi connectivity index (χ0v) is 8.55. The van der Waals surface area contributed by atoms with E-state index in [0.29, 0.717) is 6.07 Å². The molecule has 0 radical (unpaired) electrons. The summed E-state index contributed by atoms with van der Waals surface area (Å²) in [6, 6.07) is 2.36. The first-order chi connectivity index (χ1) is 6.93. The zero-order valence-electron chi connectivity index (χ0n) is 7.74. The Balaban J connectivity index is 3.06. The van der Waals surface area contributed by atoms with Crippen LogP contribution < -0.4 is 4.74 Å². The molecule has 0 aliphatic carbocycles. The third-order valence-electron chi connectivity index (χ3n) is 1.47. The van der Waals surface area contributed by atoms with Gasteiger partial charge in [-0.3, -0.25) is 0 Å². The highest BCUT2D eigenvalue weighted by atomic mass is 32.3. The van der Waals surface area contributed by atoms with Crippen molar-refractivity contribution in [3.05, 3.63) is 24.0 Å². The SMILES string of the molecule is COCOc1cc(F)cc(S(=O)(=O)F)c1. The van der Waals surface area contributed by atoms with Crippen LogP contribution in [0.5, 0.6) is 5.75 Å². The van der Waals surface area contributed by atoms with E-state index in [4.69, 9.17) is 4.74 Å². The molecule has 4 nitrogen and oxygen atoms in total. The van der Waals surface area contributed by atoms with Crippen LogP contribution in [-0.4, -0.2) is 22.3 Å². The molecule has 0 N–H and O–H groups in total. The van der Waals surface area contributed by atoms with Gasteiger partial charge >= 0.3 is 10.2 Å². The molecule has 0 fully saturated rings. The van der Waals surface area contributed by atoms with Crippen LogP contribution in [0, 0.1) is 5.82 Å². The largest absolute Gasteiger partial charge is 0.467 e. The molecule has 84 valence electrons. The third kappa shape index (κ3) is 3.45. The van der Waals surface area contributed by atoms with E-state index in [1.54, 1.807) is 0 Å². The Kier molecular flexibility index (Phi) is 3.59. The van der Waals surface area contributed by atoms with Crippen LogP contribution in [-0.2, 0) is 15.0 Å². The molecule has 1 aromatic carbocycles. The van der Waals surface area contributed by atoms with Gasteiger partial charge in [0.15, 0.2) is 6.79 Å². The molecule has 0 aromatic heterocycles. The number of rotatable bonds is 4. The molecule has 15 heavy (non-hydrogen) atoms. The van der Waals surface area contributed by atoms with Crippen molar-refractivity contribution in [1.82, 2.24) is 0 Å². The van der Waals surface area contributed by atoms with Gasteiger partial charge in [-0.2, -0.15) is 8.42 Å². The standard InChI is InChI=1S/C8H8F2O4S/c1-13-5-14-7-2-6(9)3-8(4-7)15(10,11)12/h2-4H,5H2,1H3. The van der Waals surface area contributed by atoms with E-state index >= 15 is 0 Å². The number of ether oxygens (including phenoxy) is 2. The average Bonchev–Trinajstić information content (AvgIpc) is 2.12. The van der Waals surface area contributed by atoms with Gasteiger partial charge in [-0.05, 0) is 6.07 Å². The van der Waals surface area contributed by atoms with Gasteiger partial charge in [-0.1, -0.05) is 0 Å².